The van der Waals surface area contributed by atoms with E-state index < -0.39 is 0 Å². The molecule has 5 heteroatoms. The Morgan fingerprint density at radius 3 is 2.62 bits per heavy atom. The molecule has 0 aliphatic heterocycles. The van der Waals surface area contributed by atoms with Crippen molar-refractivity contribution in [3.8, 4) is 0 Å². The van der Waals surface area contributed by atoms with Gasteiger partial charge in [-0.2, -0.15) is 0 Å². The first-order valence-corrected chi connectivity index (χ1v) is 9.80. The molecule has 0 aliphatic rings. The average Bonchev–Trinajstić information content (AvgIpc) is 3.00. The number of carbonyl (C=O) groups excluding carboxylic acids is 1. The Hall–Kier alpha value is -2.24. The van der Waals surface area contributed by atoms with Crippen molar-refractivity contribution >= 4 is 32.6 Å². The Labute approximate surface area is 159 Å². The number of hydrogen-bond acceptors (Lipinski definition) is 3. The molecule has 1 aromatic heterocycles. The molecule has 0 saturated carbocycles. The zero-order valence-electron chi connectivity index (χ0n) is 15.9. The van der Waals surface area contributed by atoms with E-state index in [1.807, 2.05) is 42.2 Å². The van der Waals surface area contributed by atoms with Gasteiger partial charge in [0, 0.05) is 18.5 Å². The van der Waals surface area contributed by atoms with Gasteiger partial charge in [-0.25, -0.2) is 4.98 Å². The van der Waals surface area contributed by atoms with Gasteiger partial charge in [-0.15, -0.1) is 0 Å². The zero-order chi connectivity index (χ0) is 18.7. The number of nitrogens with zero attached hydrogens (tertiary/aromatic N) is 2. The molecule has 0 radical (unpaired) electrons. The van der Waals surface area contributed by atoms with Gasteiger partial charge < -0.3 is 4.90 Å². The van der Waals surface area contributed by atoms with Crippen LogP contribution in [0.3, 0.4) is 0 Å². The summed E-state index contributed by atoms with van der Waals surface area (Å²) in [6.07, 6.45) is 0.939. The van der Waals surface area contributed by atoms with Gasteiger partial charge in [0.05, 0.1) is 30.9 Å². The number of amides is 1. The molecule has 3 aromatic rings. The minimum absolute atomic E-state index is 0.0261. The van der Waals surface area contributed by atoms with Crippen LogP contribution in [-0.2, 0) is 0 Å². The van der Waals surface area contributed by atoms with Crippen LogP contribution in [0.25, 0.3) is 10.2 Å². The fourth-order valence-electron chi connectivity index (χ4n) is 2.94. The van der Waals surface area contributed by atoms with Gasteiger partial charge in [-0.1, -0.05) is 35.1 Å². The van der Waals surface area contributed by atoms with E-state index >= 15 is 0 Å². The molecule has 0 unspecified atom stereocenters. The van der Waals surface area contributed by atoms with Gasteiger partial charge in [0.25, 0.3) is 5.91 Å². The third-order valence-electron chi connectivity index (χ3n) is 4.33. The quantitative estimate of drug-likeness (QED) is 0.726. The smallest absolute Gasteiger partial charge is 0.260 e. The number of aryl methyl sites for hydroxylation is 2. The number of nitrogens with one attached hydrogen (secondary N) is 1. The number of thiazole rings is 1. The Kier molecular flexibility index (Phi) is 5.69. The Bertz CT molecular complexity index is 917. The molecule has 0 saturated heterocycles. The molecule has 0 fully saturated rings. The van der Waals surface area contributed by atoms with E-state index in [0.717, 1.165) is 39.4 Å². The summed E-state index contributed by atoms with van der Waals surface area (Å²) >= 11 is 1.59. The lowest BCUT2D eigenvalue weighted by Gasteiger charge is -2.20. The summed E-state index contributed by atoms with van der Waals surface area (Å²) in [4.78, 5) is 21.2. The fourth-order valence-corrected chi connectivity index (χ4v) is 4.03. The predicted molar refractivity (Wildman–Crippen MR) is 110 cm³/mol. The van der Waals surface area contributed by atoms with Gasteiger partial charge in [0.1, 0.15) is 0 Å². The number of fused-ring (bicyclic) bond motifs is 1. The predicted octanol–water partition coefficient (Wildman–Crippen LogP) is 3.09. The number of aromatic nitrogens is 1. The van der Waals surface area contributed by atoms with Gasteiger partial charge in [0.2, 0.25) is 0 Å². The second-order valence-electron chi connectivity index (χ2n) is 7.10. The van der Waals surface area contributed by atoms with Crippen molar-refractivity contribution in [1.29, 1.82) is 0 Å². The van der Waals surface area contributed by atoms with Gasteiger partial charge in [-0.3, -0.25) is 9.69 Å². The molecule has 136 valence electrons. The van der Waals surface area contributed by atoms with Crippen molar-refractivity contribution in [3.05, 3.63) is 59.2 Å². The summed E-state index contributed by atoms with van der Waals surface area (Å²) in [5.74, 6) is 0.0261. The van der Waals surface area contributed by atoms with Crippen molar-refractivity contribution in [3.63, 3.8) is 0 Å². The zero-order valence-corrected chi connectivity index (χ0v) is 16.7. The molecule has 0 atom stereocenters. The highest BCUT2D eigenvalue weighted by molar-refractivity contribution is 7.22. The van der Waals surface area contributed by atoms with E-state index in [4.69, 9.17) is 4.98 Å². The van der Waals surface area contributed by atoms with Crippen LogP contribution in [0.4, 0.5) is 5.13 Å². The number of carbonyl (C=O) groups is 1. The molecule has 3 rings (SSSR count). The first-order valence-electron chi connectivity index (χ1n) is 8.99. The molecule has 1 heterocycles. The summed E-state index contributed by atoms with van der Waals surface area (Å²) in [7, 11) is 4.26. The first kappa shape index (κ1) is 18.5. The standard InChI is InChI=1S/C21H25N3OS/c1-15-7-5-8-17(13-15)20(25)24(12-6-11-23(3)4)21-22-18-10-9-16(2)14-19(18)26-21/h5,7-10,13-14H,6,11-12H2,1-4H3/p+1. The van der Waals surface area contributed by atoms with Crippen molar-refractivity contribution in [2.24, 2.45) is 0 Å². The van der Waals surface area contributed by atoms with E-state index in [1.165, 1.54) is 10.5 Å². The minimum atomic E-state index is 0.0261. The molecule has 2 aromatic carbocycles. The fraction of sp³-hybridized carbons (Fsp3) is 0.333. The van der Waals surface area contributed by atoms with Crippen LogP contribution in [0.5, 0.6) is 0 Å². The van der Waals surface area contributed by atoms with Crippen LogP contribution in [-0.4, -0.2) is 38.1 Å². The SMILES string of the molecule is Cc1cccc(C(=O)N(CCC[NH+](C)C)c2nc3ccc(C)cc3s2)c1. The first-order chi connectivity index (χ1) is 12.4. The summed E-state index contributed by atoms with van der Waals surface area (Å²) in [6, 6.07) is 14.0. The Balaban J connectivity index is 1.94. The van der Waals surface area contributed by atoms with Crippen LogP contribution in [0, 0.1) is 13.8 Å². The molecule has 0 bridgehead atoms. The Morgan fingerprint density at radius 2 is 1.88 bits per heavy atom. The van der Waals surface area contributed by atoms with Crippen molar-refractivity contribution in [2.75, 3.05) is 32.1 Å². The molecule has 0 aliphatic carbocycles. The molecule has 1 N–H and O–H groups in total. The molecule has 26 heavy (non-hydrogen) atoms. The maximum atomic E-state index is 13.2. The van der Waals surface area contributed by atoms with E-state index in [-0.39, 0.29) is 5.91 Å². The third-order valence-corrected chi connectivity index (χ3v) is 5.37. The summed E-state index contributed by atoms with van der Waals surface area (Å²) in [5, 5.41) is 0.783. The largest absolute Gasteiger partial charge is 0.340 e. The lowest BCUT2D eigenvalue weighted by atomic mass is 10.1. The number of hydrogen-bond donors (Lipinski definition) is 1. The van der Waals surface area contributed by atoms with Gasteiger partial charge in [-0.05, 0) is 43.7 Å². The number of anilines is 1. The van der Waals surface area contributed by atoms with Crippen molar-refractivity contribution < 1.29 is 9.69 Å². The van der Waals surface area contributed by atoms with E-state index in [0.29, 0.717) is 6.54 Å². The highest BCUT2D eigenvalue weighted by atomic mass is 32.1. The number of benzene rings is 2. The molecule has 0 spiro atoms. The normalized spacial score (nSPS) is 11.3. The molecular weight excluding hydrogens is 342 g/mol. The van der Waals surface area contributed by atoms with Crippen LogP contribution >= 0.6 is 11.3 Å². The third kappa shape index (κ3) is 4.29. The van der Waals surface area contributed by atoms with E-state index in [1.54, 1.807) is 11.3 Å². The van der Waals surface area contributed by atoms with Crippen molar-refractivity contribution in [1.82, 2.24) is 4.98 Å². The lowest BCUT2D eigenvalue weighted by molar-refractivity contribution is -0.858. The number of quaternary nitrogens is 1. The van der Waals surface area contributed by atoms with Crippen LogP contribution in [0.15, 0.2) is 42.5 Å². The summed E-state index contributed by atoms with van der Waals surface area (Å²) in [6.45, 7) is 5.78. The maximum Gasteiger partial charge on any atom is 0.260 e. The molecule has 4 nitrogen and oxygen atoms in total. The lowest BCUT2D eigenvalue weighted by Crippen LogP contribution is -3.05. The highest BCUT2D eigenvalue weighted by Gasteiger charge is 2.21. The van der Waals surface area contributed by atoms with E-state index in [9.17, 15) is 4.79 Å². The van der Waals surface area contributed by atoms with E-state index in [2.05, 4.69) is 33.2 Å². The summed E-state index contributed by atoms with van der Waals surface area (Å²) in [5.41, 5.74) is 3.97. The summed E-state index contributed by atoms with van der Waals surface area (Å²) < 4.78 is 1.13. The number of rotatable bonds is 6. The van der Waals surface area contributed by atoms with Gasteiger partial charge in [0.15, 0.2) is 5.13 Å². The van der Waals surface area contributed by atoms with Crippen LogP contribution < -0.4 is 9.80 Å². The Morgan fingerprint density at radius 1 is 1.12 bits per heavy atom. The second-order valence-corrected chi connectivity index (χ2v) is 8.11. The molecular formula is C21H26N3OS+. The second kappa shape index (κ2) is 7.98. The topological polar surface area (TPSA) is 37.6 Å². The monoisotopic (exact) mass is 368 g/mol. The van der Waals surface area contributed by atoms with Crippen LogP contribution in [0.1, 0.15) is 27.9 Å². The highest BCUT2D eigenvalue weighted by Crippen LogP contribution is 2.30. The van der Waals surface area contributed by atoms with Gasteiger partial charge >= 0.3 is 0 Å². The average molecular weight is 369 g/mol. The van der Waals surface area contributed by atoms with Crippen LogP contribution in [0.2, 0.25) is 0 Å². The minimum Gasteiger partial charge on any atom is -0.340 e. The molecule has 1 amide bonds. The van der Waals surface area contributed by atoms with Crippen molar-refractivity contribution in [2.45, 2.75) is 20.3 Å². The maximum absolute atomic E-state index is 13.2.